The van der Waals surface area contributed by atoms with E-state index in [1.807, 2.05) is 0 Å². The van der Waals surface area contributed by atoms with Gasteiger partial charge in [0.2, 0.25) is 0 Å². The van der Waals surface area contributed by atoms with Crippen LogP contribution in [0.25, 0.3) is 44.9 Å². The third-order valence-corrected chi connectivity index (χ3v) is 9.91. The fraction of sp³-hybridized carbons (Fsp3) is 0.0417. The highest BCUT2D eigenvalue weighted by Gasteiger charge is 2.33. The number of rotatable bonds is 6. The van der Waals surface area contributed by atoms with Crippen molar-refractivity contribution in [2.24, 2.45) is 0 Å². The lowest BCUT2D eigenvalue weighted by atomic mass is 9.92. The molecule has 51 heavy (non-hydrogen) atoms. The molecule has 1 aromatic heterocycles. The summed E-state index contributed by atoms with van der Waals surface area (Å²) < 4.78 is 9.59. The first kappa shape index (κ1) is 30.5. The SMILES string of the molecule is C=C1/C=C\c2c(c3ccccc3n2-c2ccccc2)OC2=C1C=CCC2N(c1ccc(-c2ccccc2)cc1)c1ccc(-c2ccccc2)cc1. The van der Waals surface area contributed by atoms with E-state index in [0.717, 1.165) is 62.7 Å². The van der Waals surface area contributed by atoms with Crippen molar-refractivity contribution >= 4 is 28.4 Å². The van der Waals surface area contributed by atoms with Crippen LogP contribution in [-0.2, 0) is 0 Å². The van der Waals surface area contributed by atoms with Crippen molar-refractivity contribution in [2.75, 3.05) is 4.90 Å². The van der Waals surface area contributed by atoms with Gasteiger partial charge in [-0.2, -0.15) is 0 Å². The Morgan fingerprint density at radius 3 is 1.69 bits per heavy atom. The molecule has 0 spiro atoms. The first-order valence-corrected chi connectivity index (χ1v) is 17.5. The maximum Gasteiger partial charge on any atom is 0.160 e. The highest BCUT2D eigenvalue weighted by atomic mass is 16.5. The molecule has 2 heterocycles. The minimum absolute atomic E-state index is 0.134. The van der Waals surface area contributed by atoms with Crippen LogP contribution in [0.3, 0.4) is 0 Å². The molecule has 1 aliphatic heterocycles. The van der Waals surface area contributed by atoms with E-state index in [2.05, 4.69) is 204 Å². The number of ether oxygens (including phenoxy) is 1. The van der Waals surface area contributed by atoms with Gasteiger partial charge in [-0.1, -0.05) is 140 Å². The lowest BCUT2D eigenvalue weighted by molar-refractivity contribution is 0.377. The number of anilines is 2. The topological polar surface area (TPSA) is 17.4 Å². The zero-order valence-electron chi connectivity index (χ0n) is 28.2. The first-order valence-electron chi connectivity index (χ1n) is 17.5. The summed E-state index contributed by atoms with van der Waals surface area (Å²) in [6.07, 6.45) is 9.48. The number of allylic oxidation sites excluding steroid dienone is 4. The molecule has 244 valence electrons. The van der Waals surface area contributed by atoms with Crippen LogP contribution in [0.1, 0.15) is 12.1 Å². The van der Waals surface area contributed by atoms with Crippen LogP contribution in [0.2, 0.25) is 0 Å². The van der Waals surface area contributed by atoms with Gasteiger partial charge in [0.1, 0.15) is 5.76 Å². The van der Waals surface area contributed by atoms with E-state index in [0.29, 0.717) is 0 Å². The maximum atomic E-state index is 7.30. The van der Waals surface area contributed by atoms with E-state index in [1.165, 1.54) is 22.3 Å². The maximum absolute atomic E-state index is 7.30. The van der Waals surface area contributed by atoms with Gasteiger partial charge in [0, 0.05) is 28.0 Å². The van der Waals surface area contributed by atoms with Crippen molar-refractivity contribution in [2.45, 2.75) is 12.5 Å². The minimum Gasteiger partial charge on any atom is -0.456 e. The molecular formula is C48H36N2O. The van der Waals surface area contributed by atoms with Crippen molar-refractivity contribution in [1.29, 1.82) is 0 Å². The average molecular weight is 657 g/mol. The molecule has 0 saturated carbocycles. The number of fused-ring (bicyclic) bond motifs is 3. The predicted octanol–water partition coefficient (Wildman–Crippen LogP) is 12.3. The van der Waals surface area contributed by atoms with E-state index >= 15 is 0 Å². The van der Waals surface area contributed by atoms with Gasteiger partial charge in [-0.05, 0) is 88.9 Å². The summed E-state index contributed by atoms with van der Waals surface area (Å²) in [5.74, 6) is 1.74. The number of para-hydroxylation sites is 2. The Labute approximate surface area is 299 Å². The summed E-state index contributed by atoms with van der Waals surface area (Å²) in [4.78, 5) is 2.43. The molecular weight excluding hydrogens is 621 g/mol. The molecule has 0 radical (unpaired) electrons. The minimum atomic E-state index is -0.134. The molecule has 1 atom stereocenters. The second-order valence-corrected chi connectivity index (χ2v) is 13.0. The van der Waals surface area contributed by atoms with E-state index in [1.54, 1.807) is 0 Å². The Morgan fingerprint density at radius 1 is 0.549 bits per heavy atom. The average Bonchev–Trinajstić information content (AvgIpc) is 3.50. The lowest BCUT2D eigenvalue weighted by Gasteiger charge is -2.37. The highest BCUT2D eigenvalue weighted by molar-refractivity contribution is 5.94. The second-order valence-electron chi connectivity index (χ2n) is 13.0. The summed E-state index contributed by atoms with van der Waals surface area (Å²) in [5, 5.41) is 1.07. The Kier molecular flexibility index (Phi) is 7.79. The van der Waals surface area contributed by atoms with Crippen LogP contribution in [0.4, 0.5) is 11.4 Å². The van der Waals surface area contributed by atoms with Gasteiger partial charge in [0.05, 0.1) is 17.3 Å². The molecule has 1 aliphatic carbocycles. The third kappa shape index (κ3) is 5.59. The third-order valence-electron chi connectivity index (χ3n) is 9.91. The van der Waals surface area contributed by atoms with Crippen LogP contribution in [0, 0.1) is 0 Å². The molecule has 3 heteroatoms. The standard InChI is InChI=1S/C48H36N2O/c1-34-24-33-46-48(43-20-11-12-22-44(43)50(46)39-18-9-4-10-19-39)51-47-42(34)21-13-23-45(47)49(40-29-25-37(26-30-40)35-14-5-2-6-15-35)41-31-27-38(28-32-41)36-16-7-3-8-17-36/h2-22,24-33,45H,1,23H2/b33-24-. The second kappa shape index (κ2) is 13.0. The molecule has 2 aliphatic rings. The van der Waals surface area contributed by atoms with E-state index < -0.39 is 0 Å². The summed E-state index contributed by atoms with van der Waals surface area (Å²) in [6, 6.07) is 57.8. The van der Waals surface area contributed by atoms with Crippen LogP contribution < -0.4 is 9.64 Å². The van der Waals surface area contributed by atoms with Gasteiger partial charge in [-0.15, -0.1) is 0 Å². The Bertz CT molecular complexity index is 2370. The smallest absolute Gasteiger partial charge is 0.160 e. The number of hydrogen-bond acceptors (Lipinski definition) is 2. The highest BCUT2D eigenvalue weighted by Crippen LogP contribution is 2.44. The van der Waals surface area contributed by atoms with Gasteiger partial charge in [0.15, 0.2) is 5.75 Å². The fourth-order valence-electron chi connectivity index (χ4n) is 7.42. The first-order chi connectivity index (χ1) is 25.2. The van der Waals surface area contributed by atoms with Crippen molar-refractivity contribution in [3.8, 4) is 33.7 Å². The summed E-state index contributed by atoms with van der Waals surface area (Å²) >= 11 is 0. The van der Waals surface area contributed by atoms with Crippen molar-refractivity contribution in [1.82, 2.24) is 4.57 Å². The van der Waals surface area contributed by atoms with E-state index in [9.17, 15) is 0 Å². The zero-order chi connectivity index (χ0) is 34.1. The summed E-state index contributed by atoms with van der Waals surface area (Å²) in [5.41, 5.74) is 12.0. The molecule has 0 fully saturated rings. The number of hydrogen-bond donors (Lipinski definition) is 0. The van der Waals surface area contributed by atoms with Gasteiger partial charge < -0.3 is 14.2 Å². The normalized spacial score (nSPS) is 15.8. The largest absolute Gasteiger partial charge is 0.456 e. The zero-order valence-corrected chi connectivity index (χ0v) is 28.2. The van der Waals surface area contributed by atoms with E-state index in [-0.39, 0.29) is 6.04 Å². The molecule has 7 aromatic rings. The van der Waals surface area contributed by atoms with Crippen LogP contribution >= 0.6 is 0 Å². The van der Waals surface area contributed by atoms with Crippen molar-refractivity contribution < 1.29 is 4.74 Å². The van der Waals surface area contributed by atoms with Crippen LogP contribution in [-0.4, -0.2) is 10.6 Å². The summed E-state index contributed by atoms with van der Waals surface area (Å²) in [7, 11) is 0. The molecule has 3 nitrogen and oxygen atoms in total. The van der Waals surface area contributed by atoms with Gasteiger partial charge in [-0.25, -0.2) is 0 Å². The number of benzene rings is 6. The Hall–Kier alpha value is -6.58. The van der Waals surface area contributed by atoms with Gasteiger partial charge in [0.25, 0.3) is 0 Å². The molecule has 0 N–H and O–H groups in total. The van der Waals surface area contributed by atoms with Crippen LogP contribution in [0.5, 0.6) is 5.75 Å². The molecule has 0 amide bonds. The van der Waals surface area contributed by atoms with Crippen molar-refractivity contribution in [3.05, 3.63) is 211 Å². The molecule has 0 saturated heterocycles. The molecule has 6 aromatic carbocycles. The molecule has 9 rings (SSSR count). The van der Waals surface area contributed by atoms with Crippen molar-refractivity contribution in [3.63, 3.8) is 0 Å². The predicted molar refractivity (Wildman–Crippen MR) is 213 cm³/mol. The Morgan fingerprint density at radius 2 is 1.08 bits per heavy atom. The number of aromatic nitrogens is 1. The monoisotopic (exact) mass is 656 g/mol. The quantitative estimate of drug-likeness (QED) is 0.177. The van der Waals surface area contributed by atoms with E-state index in [4.69, 9.17) is 4.74 Å². The van der Waals surface area contributed by atoms with Gasteiger partial charge >= 0.3 is 0 Å². The Balaban J connectivity index is 1.20. The fourth-order valence-corrected chi connectivity index (χ4v) is 7.42. The summed E-state index contributed by atoms with van der Waals surface area (Å²) in [6.45, 7) is 4.56. The van der Waals surface area contributed by atoms with Gasteiger partial charge in [-0.3, -0.25) is 0 Å². The molecule has 0 bridgehead atoms. The van der Waals surface area contributed by atoms with Crippen LogP contribution in [0.15, 0.2) is 206 Å². The lowest BCUT2D eigenvalue weighted by Crippen LogP contribution is -2.36. The number of nitrogens with zero attached hydrogens (tertiary/aromatic N) is 2. The molecule has 1 unspecified atom stereocenters.